The van der Waals surface area contributed by atoms with Crippen LogP contribution in [0, 0.1) is 0 Å². The van der Waals surface area contributed by atoms with Crippen LogP contribution in [0.5, 0.6) is 0 Å². The van der Waals surface area contributed by atoms with Gasteiger partial charge < -0.3 is 19.9 Å². The van der Waals surface area contributed by atoms with Gasteiger partial charge in [0.05, 0.1) is 6.42 Å². The molecule has 3 heterocycles. The van der Waals surface area contributed by atoms with Crippen LogP contribution in [0.15, 0.2) is 55.0 Å². The van der Waals surface area contributed by atoms with Crippen molar-refractivity contribution < 1.29 is 22.8 Å². The lowest BCUT2D eigenvalue weighted by molar-refractivity contribution is -0.149. The van der Waals surface area contributed by atoms with Crippen LogP contribution in [0.1, 0.15) is 42.7 Å². The van der Waals surface area contributed by atoms with Gasteiger partial charge in [0.15, 0.2) is 0 Å². The Hall–Kier alpha value is -3.56. The van der Waals surface area contributed by atoms with Crippen LogP contribution < -0.4 is 10.6 Å². The molecule has 3 amide bonds. The van der Waals surface area contributed by atoms with E-state index in [1.54, 1.807) is 6.20 Å². The summed E-state index contributed by atoms with van der Waals surface area (Å²) in [7, 11) is 0. The lowest BCUT2D eigenvalue weighted by Crippen LogP contribution is -2.38. The summed E-state index contributed by atoms with van der Waals surface area (Å²) in [5.41, 5.74) is 3.49. The van der Waals surface area contributed by atoms with Gasteiger partial charge in [-0.25, -0.2) is 9.78 Å². The van der Waals surface area contributed by atoms with Crippen molar-refractivity contribution in [2.24, 2.45) is 0 Å². The van der Waals surface area contributed by atoms with Crippen molar-refractivity contribution in [3.05, 3.63) is 66.1 Å². The smallest absolute Gasteiger partial charge is 0.343 e. The number of carbonyl (C=O) groups excluding carboxylic acids is 2. The summed E-state index contributed by atoms with van der Waals surface area (Å²) in [6.45, 7) is 1.27. The van der Waals surface area contributed by atoms with Crippen molar-refractivity contribution in [3.8, 4) is 0 Å². The second kappa shape index (κ2) is 10.1. The molecule has 1 fully saturated rings. The van der Waals surface area contributed by atoms with E-state index in [4.69, 9.17) is 0 Å². The molecule has 0 aliphatic carbocycles. The molecule has 2 aromatic heterocycles. The van der Waals surface area contributed by atoms with Crippen molar-refractivity contribution in [2.75, 3.05) is 18.4 Å². The normalized spacial score (nSPS) is 14.9. The van der Waals surface area contributed by atoms with Crippen LogP contribution in [-0.2, 0) is 11.3 Å². The number of amides is 3. The predicted molar refractivity (Wildman–Crippen MR) is 121 cm³/mol. The minimum Gasteiger partial charge on any atom is -0.343 e. The maximum atomic E-state index is 12.3. The largest absolute Gasteiger partial charge is 0.389 e. The van der Waals surface area contributed by atoms with Crippen LogP contribution in [0.25, 0.3) is 5.65 Å². The standard InChI is InChI=1S/C24H26F3N5O2/c25-24(26,27)9-5-22(33)32-12-7-19(8-13-32)18-1-3-20(4-2-18)30-23(34)29-16-17-6-11-31-14-10-28-21(31)15-17/h1-4,6,10-11,14-15,19H,5,7-9,12-13,16H2,(H2,29,30,34). The molecule has 3 aromatic rings. The van der Waals surface area contributed by atoms with E-state index >= 15 is 0 Å². The van der Waals surface area contributed by atoms with Gasteiger partial charge in [-0.3, -0.25) is 4.79 Å². The van der Waals surface area contributed by atoms with Gasteiger partial charge >= 0.3 is 12.2 Å². The number of alkyl halides is 3. The molecule has 34 heavy (non-hydrogen) atoms. The Morgan fingerprint density at radius 3 is 2.50 bits per heavy atom. The number of anilines is 1. The van der Waals surface area contributed by atoms with E-state index in [0.717, 1.165) is 16.8 Å². The fourth-order valence-corrected chi connectivity index (χ4v) is 4.13. The highest BCUT2D eigenvalue weighted by Crippen LogP contribution is 2.30. The van der Waals surface area contributed by atoms with Gasteiger partial charge in [-0.1, -0.05) is 12.1 Å². The molecular weight excluding hydrogens is 447 g/mol. The van der Waals surface area contributed by atoms with Crippen LogP contribution in [0.4, 0.5) is 23.7 Å². The first-order valence-corrected chi connectivity index (χ1v) is 11.2. The molecule has 180 valence electrons. The van der Waals surface area contributed by atoms with Gasteiger partial charge in [-0.15, -0.1) is 0 Å². The first kappa shape index (κ1) is 23.6. The van der Waals surface area contributed by atoms with E-state index < -0.39 is 24.9 Å². The van der Waals surface area contributed by atoms with Gasteiger partial charge in [0.25, 0.3) is 0 Å². The summed E-state index contributed by atoms with van der Waals surface area (Å²) in [4.78, 5) is 30.0. The monoisotopic (exact) mass is 473 g/mol. The molecule has 0 saturated carbocycles. The predicted octanol–water partition coefficient (Wildman–Crippen LogP) is 4.70. The molecule has 1 aliphatic rings. The van der Waals surface area contributed by atoms with E-state index in [9.17, 15) is 22.8 Å². The molecular formula is C24H26F3N5O2. The van der Waals surface area contributed by atoms with E-state index in [1.807, 2.05) is 53.2 Å². The molecule has 0 atom stereocenters. The minimum absolute atomic E-state index is 0.229. The molecule has 4 rings (SSSR count). The number of hydrogen-bond acceptors (Lipinski definition) is 3. The van der Waals surface area contributed by atoms with Crippen molar-refractivity contribution >= 4 is 23.3 Å². The van der Waals surface area contributed by atoms with Gasteiger partial charge in [0, 0.05) is 50.3 Å². The Kier molecular flexibility index (Phi) is 7.04. The molecule has 2 N–H and O–H groups in total. The number of carbonyl (C=O) groups is 2. The summed E-state index contributed by atoms with van der Waals surface area (Å²) >= 11 is 0. The molecule has 0 bridgehead atoms. The highest BCUT2D eigenvalue weighted by atomic mass is 19.4. The fourth-order valence-electron chi connectivity index (χ4n) is 4.13. The maximum Gasteiger partial charge on any atom is 0.389 e. The SMILES string of the molecule is O=C(NCc1ccn2ccnc2c1)Nc1ccc(C2CCN(C(=O)CCC(F)(F)F)CC2)cc1. The number of nitrogens with zero attached hydrogens (tertiary/aromatic N) is 3. The van der Waals surface area contributed by atoms with Gasteiger partial charge in [0.2, 0.25) is 5.91 Å². The molecule has 0 spiro atoms. The Morgan fingerprint density at radius 2 is 1.79 bits per heavy atom. The van der Waals surface area contributed by atoms with Crippen LogP contribution in [0.2, 0.25) is 0 Å². The number of hydrogen-bond donors (Lipinski definition) is 2. The lowest BCUT2D eigenvalue weighted by Gasteiger charge is -2.32. The summed E-state index contributed by atoms with van der Waals surface area (Å²) in [5, 5.41) is 5.63. The van der Waals surface area contributed by atoms with Crippen LogP contribution >= 0.6 is 0 Å². The Labute approximate surface area is 195 Å². The minimum atomic E-state index is -4.31. The Bertz CT molecular complexity index is 1140. The maximum absolute atomic E-state index is 12.3. The van der Waals surface area contributed by atoms with Crippen molar-refractivity contribution in [1.82, 2.24) is 19.6 Å². The number of benzene rings is 1. The van der Waals surface area contributed by atoms with Crippen LogP contribution in [0.3, 0.4) is 0 Å². The summed E-state index contributed by atoms with van der Waals surface area (Å²) in [6, 6.07) is 11.0. The highest BCUT2D eigenvalue weighted by Gasteiger charge is 2.30. The third-order valence-electron chi connectivity index (χ3n) is 6.03. The number of nitrogens with one attached hydrogen (secondary N) is 2. The topological polar surface area (TPSA) is 78.7 Å². The average molecular weight is 473 g/mol. The number of urea groups is 1. The van der Waals surface area contributed by atoms with Crippen molar-refractivity contribution in [1.29, 1.82) is 0 Å². The molecule has 10 heteroatoms. The Balaban J connectivity index is 1.22. The third kappa shape index (κ3) is 6.27. The third-order valence-corrected chi connectivity index (χ3v) is 6.03. The fraction of sp³-hybridized carbons (Fsp3) is 0.375. The van der Waals surface area contributed by atoms with Crippen molar-refractivity contribution in [3.63, 3.8) is 0 Å². The zero-order valence-electron chi connectivity index (χ0n) is 18.5. The number of pyridine rings is 1. The highest BCUT2D eigenvalue weighted by molar-refractivity contribution is 5.89. The zero-order chi connectivity index (χ0) is 24.1. The number of piperidine rings is 1. The summed E-state index contributed by atoms with van der Waals surface area (Å²) < 4.78 is 38.9. The summed E-state index contributed by atoms with van der Waals surface area (Å²) in [6.07, 6.45) is 0.975. The van der Waals surface area contributed by atoms with Crippen LogP contribution in [-0.4, -0.2) is 45.5 Å². The molecule has 7 nitrogen and oxygen atoms in total. The average Bonchev–Trinajstić information content (AvgIpc) is 3.29. The second-order valence-corrected chi connectivity index (χ2v) is 8.43. The molecule has 1 saturated heterocycles. The molecule has 0 radical (unpaired) electrons. The van der Waals surface area contributed by atoms with Gasteiger partial charge in [0.1, 0.15) is 5.65 Å². The quantitative estimate of drug-likeness (QED) is 0.545. The lowest BCUT2D eigenvalue weighted by atomic mass is 9.89. The van der Waals surface area contributed by atoms with E-state index in [1.165, 1.54) is 4.90 Å². The Morgan fingerprint density at radius 1 is 1.06 bits per heavy atom. The van der Waals surface area contributed by atoms with Crippen molar-refractivity contribution in [2.45, 2.75) is 44.3 Å². The van der Waals surface area contributed by atoms with E-state index in [0.29, 0.717) is 38.2 Å². The van der Waals surface area contributed by atoms with Gasteiger partial charge in [-0.05, 0) is 54.2 Å². The van der Waals surface area contributed by atoms with E-state index in [-0.39, 0.29) is 11.9 Å². The second-order valence-electron chi connectivity index (χ2n) is 8.43. The first-order valence-electron chi connectivity index (χ1n) is 11.2. The molecule has 0 unspecified atom stereocenters. The molecule has 1 aliphatic heterocycles. The van der Waals surface area contributed by atoms with Gasteiger partial charge in [-0.2, -0.15) is 13.2 Å². The van der Waals surface area contributed by atoms with E-state index in [2.05, 4.69) is 15.6 Å². The first-order chi connectivity index (χ1) is 16.3. The summed E-state index contributed by atoms with van der Waals surface area (Å²) in [5.74, 6) is -0.210. The number of halogens is 3. The molecule has 1 aromatic carbocycles. The number of likely N-dealkylation sites (tertiary alicyclic amines) is 1. The number of fused-ring (bicyclic) bond motifs is 1. The number of aromatic nitrogens is 2. The number of imidazole rings is 1. The number of rotatable bonds is 6. The zero-order valence-corrected chi connectivity index (χ0v) is 18.5.